The molecule has 3 heterocycles. The highest BCUT2D eigenvalue weighted by atomic mass is 16.6. The van der Waals surface area contributed by atoms with Gasteiger partial charge < -0.3 is 10.1 Å². The number of aromatic amines is 1. The summed E-state index contributed by atoms with van der Waals surface area (Å²) in [5, 5.41) is 12.0. The van der Waals surface area contributed by atoms with Gasteiger partial charge in [0.05, 0.1) is 6.20 Å². The number of anilines is 2. The van der Waals surface area contributed by atoms with Crippen molar-refractivity contribution in [3.8, 4) is 22.5 Å². The Morgan fingerprint density at radius 2 is 1.74 bits per heavy atom. The Bertz CT molecular complexity index is 1450. The van der Waals surface area contributed by atoms with Crippen molar-refractivity contribution in [3.63, 3.8) is 0 Å². The topological polar surface area (TPSA) is 97.7 Å². The van der Waals surface area contributed by atoms with E-state index in [2.05, 4.69) is 25.5 Å². The third kappa shape index (κ3) is 4.66. The van der Waals surface area contributed by atoms with Gasteiger partial charge in [-0.05, 0) is 50.6 Å². The lowest BCUT2D eigenvalue weighted by Gasteiger charge is -2.19. The van der Waals surface area contributed by atoms with Gasteiger partial charge in [0.1, 0.15) is 11.4 Å². The number of carbonyl (C=O) groups excluding carboxylic acids is 1. The Hall–Kier alpha value is -4.46. The monoisotopic (exact) mass is 452 g/mol. The zero-order chi connectivity index (χ0) is 23.7. The number of ether oxygens (including phenoxy) is 1. The number of hydrogen-bond acceptors (Lipinski definition) is 6. The van der Waals surface area contributed by atoms with Gasteiger partial charge in [0.2, 0.25) is 0 Å². The second kappa shape index (κ2) is 8.47. The summed E-state index contributed by atoms with van der Waals surface area (Å²) in [4.78, 5) is 21.5. The lowest BCUT2D eigenvalue weighted by atomic mass is 10.1. The molecular weight excluding hydrogens is 428 g/mol. The molecule has 0 aliphatic carbocycles. The number of rotatable bonds is 4. The van der Waals surface area contributed by atoms with Crippen LogP contribution in [0.4, 0.5) is 16.3 Å². The van der Waals surface area contributed by atoms with E-state index in [9.17, 15) is 4.79 Å². The Labute approximate surface area is 196 Å². The third-order valence-electron chi connectivity index (χ3n) is 5.15. The predicted molar refractivity (Wildman–Crippen MR) is 132 cm³/mol. The Morgan fingerprint density at radius 1 is 0.971 bits per heavy atom. The molecule has 2 aromatic carbocycles. The van der Waals surface area contributed by atoms with Gasteiger partial charge in [-0.15, -0.1) is 0 Å². The summed E-state index contributed by atoms with van der Waals surface area (Å²) in [6.07, 6.45) is 8.48. The largest absolute Gasteiger partial charge is 0.443 e. The number of hydrogen-bond donors (Lipinski definition) is 2. The maximum absolute atomic E-state index is 12.4. The summed E-state index contributed by atoms with van der Waals surface area (Å²) in [6.45, 7) is 5.54. The molecule has 8 heteroatoms. The van der Waals surface area contributed by atoms with Gasteiger partial charge in [-0.25, -0.2) is 14.8 Å². The van der Waals surface area contributed by atoms with Crippen LogP contribution in [0.15, 0.2) is 79.5 Å². The quantitative estimate of drug-likeness (QED) is 0.346. The molecule has 0 fully saturated rings. The van der Waals surface area contributed by atoms with E-state index in [1.807, 2.05) is 75.5 Å². The van der Waals surface area contributed by atoms with Crippen LogP contribution in [-0.4, -0.2) is 36.4 Å². The van der Waals surface area contributed by atoms with E-state index in [0.717, 1.165) is 33.2 Å². The number of nitrogens with zero attached hydrogens (tertiary/aromatic N) is 4. The number of benzene rings is 2. The summed E-state index contributed by atoms with van der Waals surface area (Å²) >= 11 is 0. The Kier molecular flexibility index (Phi) is 5.33. The van der Waals surface area contributed by atoms with Crippen LogP contribution < -0.4 is 5.32 Å². The average Bonchev–Trinajstić information content (AvgIpc) is 3.48. The van der Waals surface area contributed by atoms with Gasteiger partial charge in [0, 0.05) is 52.4 Å². The molecular formula is C26H24N6O2. The molecule has 2 N–H and O–H groups in total. The van der Waals surface area contributed by atoms with Crippen LogP contribution >= 0.6 is 0 Å². The molecule has 0 radical (unpaired) electrons. The minimum Gasteiger partial charge on any atom is -0.443 e. The van der Waals surface area contributed by atoms with Crippen molar-refractivity contribution in [2.45, 2.75) is 26.4 Å². The van der Waals surface area contributed by atoms with Crippen molar-refractivity contribution in [2.75, 3.05) is 5.32 Å². The number of nitrogens with one attached hydrogen (secondary N) is 2. The predicted octanol–water partition coefficient (Wildman–Crippen LogP) is 6.02. The summed E-state index contributed by atoms with van der Waals surface area (Å²) in [6, 6.07) is 15.7. The molecule has 0 aliphatic rings. The van der Waals surface area contributed by atoms with Gasteiger partial charge in [-0.1, -0.05) is 24.3 Å². The number of H-pyrrole nitrogens is 1. The van der Waals surface area contributed by atoms with Gasteiger partial charge in [0.25, 0.3) is 0 Å². The first kappa shape index (κ1) is 21.4. The van der Waals surface area contributed by atoms with Crippen LogP contribution in [0, 0.1) is 0 Å². The van der Waals surface area contributed by atoms with E-state index < -0.39 is 11.7 Å². The molecule has 0 bridgehead atoms. The first-order chi connectivity index (χ1) is 16.3. The maximum Gasteiger partial charge on any atom is 0.418 e. The molecule has 5 aromatic rings. The van der Waals surface area contributed by atoms with Crippen LogP contribution in [0.3, 0.4) is 0 Å². The number of fused-ring (bicyclic) bond motifs is 1. The molecule has 0 saturated heterocycles. The molecule has 0 aliphatic heterocycles. The van der Waals surface area contributed by atoms with Crippen molar-refractivity contribution in [1.82, 2.24) is 24.7 Å². The second-order valence-corrected chi connectivity index (χ2v) is 8.94. The van der Waals surface area contributed by atoms with Crippen LogP contribution in [-0.2, 0) is 4.74 Å². The molecule has 0 unspecified atom stereocenters. The van der Waals surface area contributed by atoms with Crippen LogP contribution in [0.25, 0.3) is 33.3 Å². The molecule has 0 spiro atoms. The first-order valence-electron chi connectivity index (χ1n) is 10.9. The fraction of sp³-hybridized carbons (Fsp3) is 0.154. The minimum absolute atomic E-state index is 0.411. The van der Waals surface area contributed by atoms with Crippen molar-refractivity contribution in [2.24, 2.45) is 0 Å². The third-order valence-corrected chi connectivity index (χ3v) is 5.15. The standard InChI is InChI=1S/C26H24N6O2/c1-26(2,3)34-25(33)32-15-19-5-4-18(12-20(19)16-32)24-27-11-10-23(31-24)30-22-8-6-17(7-9-22)21-13-28-29-14-21/h4-16H,1-3H3,(H,28,29)(H,27,30,31). The molecule has 0 atom stereocenters. The maximum atomic E-state index is 12.4. The number of carbonyl (C=O) groups is 1. The summed E-state index contributed by atoms with van der Waals surface area (Å²) in [5.41, 5.74) is 3.33. The number of aromatic nitrogens is 5. The van der Waals surface area contributed by atoms with Gasteiger partial charge in [-0.3, -0.25) is 9.67 Å². The summed E-state index contributed by atoms with van der Waals surface area (Å²) in [7, 11) is 0. The van der Waals surface area contributed by atoms with Crippen LogP contribution in [0.5, 0.6) is 0 Å². The fourth-order valence-corrected chi connectivity index (χ4v) is 3.57. The van der Waals surface area contributed by atoms with Crippen molar-refractivity contribution in [3.05, 3.63) is 79.5 Å². The van der Waals surface area contributed by atoms with Gasteiger partial charge >= 0.3 is 6.09 Å². The lowest BCUT2D eigenvalue weighted by Crippen LogP contribution is -2.26. The minimum atomic E-state index is -0.556. The highest BCUT2D eigenvalue weighted by Gasteiger charge is 2.18. The molecule has 5 rings (SSSR count). The molecule has 34 heavy (non-hydrogen) atoms. The normalized spacial score (nSPS) is 11.5. The molecule has 170 valence electrons. The van der Waals surface area contributed by atoms with E-state index in [1.54, 1.807) is 24.8 Å². The van der Waals surface area contributed by atoms with E-state index in [4.69, 9.17) is 4.74 Å². The molecule has 0 amide bonds. The summed E-state index contributed by atoms with van der Waals surface area (Å²) < 4.78 is 6.92. The average molecular weight is 453 g/mol. The first-order valence-corrected chi connectivity index (χ1v) is 10.9. The van der Waals surface area contributed by atoms with Crippen LogP contribution in [0.2, 0.25) is 0 Å². The van der Waals surface area contributed by atoms with E-state index in [1.165, 1.54) is 4.57 Å². The van der Waals surface area contributed by atoms with Crippen molar-refractivity contribution >= 4 is 28.4 Å². The Balaban J connectivity index is 1.36. The van der Waals surface area contributed by atoms with Crippen molar-refractivity contribution in [1.29, 1.82) is 0 Å². The zero-order valence-electron chi connectivity index (χ0n) is 19.1. The highest BCUT2D eigenvalue weighted by Crippen LogP contribution is 2.26. The highest BCUT2D eigenvalue weighted by molar-refractivity contribution is 5.90. The van der Waals surface area contributed by atoms with Gasteiger partial charge in [0.15, 0.2) is 5.82 Å². The smallest absolute Gasteiger partial charge is 0.418 e. The molecule has 0 saturated carbocycles. The summed E-state index contributed by atoms with van der Waals surface area (Å²) in [5.74, 6) is 1.28. The molecule has 3 aromatic heterocycles. The molecule has 8 nitrogen and oxygen atoms in total. The van der Waals surface area contributed by atoms with Gasteiger partial charge in [-0.2, -0.15) is 5.10 Å². The lowest BCUT2D eigenvalue weighted by molar-refractivity contribution is 0.0538. The fourth-order valence-electron chi connectivity index (χ4n) is 3.57. The zero-order valence-corrected chi connectivity index (χ0v) is 19.1. The van der Waals surface area contributed by atoms with Crippen molar-refractivity contribution < 1.29 is 9.53 Å². The van der Waals surface area contributed by atoms with E-state index in [0.29, 0.717) is 11.6 Å². The Morgan fingerprint density at radius 3 is 2.47 bits per heavy atom. The van der Waals surface area contributed by atoms with Crippen LogP contribution in [0.1, 0.15) is 20.8 Å². The second-order valence-electron chi connectivity index (χ2n) is 8.94. The van der Waals surface area contributed by atoms with E-state index >= 15 is 0 Å². The van der Waals surface area contributed by atoms with E-state index in [-0.39, 0.29) is 0 Å². The SMILES string of the molecule is CC(C)(C)OC(=O)n1cc2ccc(-c3nccc(Nc4ccc(-c5cn[nH]c5)cc4)n3)cc2c1.